The Morgan fingerprint density at radius 1 is 1.06 bits per heavy atom. The second-order valence-electron chi connectivity index (χ2n) is 7.37. The van der Waals surface area contributed by atoms with Gasteiger partial charge in [-0.1, -0.05) is 60.9 Å². The molecule has 2 aromatic carbocycles. The highest BCUT2D eigenvalue weighted by atomic mass is 17.6. The van der Waals surface area contributed by atoms with Gasteiger partial charge in [-0.25, -0.2) is 5.26 Å². The van der Waals surface area contributed by atoms with Crippen LogP contribution in [0, 0.1) is 12.3 Å². The first-order chi connectivity index (χ1) is 15.3. The van der Waals surface area contributed by atoms with Crippen molar-refractivity contribution in [1.82, 2.24) is 4.90 Å². The predicted octanol–water partition coefficient (Wildman–Crippen LogP) is 4.86. The Balaban J connectivity index is 0.000000339. The summed E-state index contributed by atoms with van der Waals surface area (Å²) < 4.78 is 6.11. The van der Waals surface area contributed by atoms with Gasteiger partial charge in [0.2, 0.25) is 0 Å². The molecule has 6 heteroatoms. The topological polar surface area (TPSA) is 60.4 Å². The van der Waals surface area contributed by atoms with Crippen LogP contribution in [0.1, 0.15) is 42.9 Å². The lowest BCUT2D eigenvalue weighted by atomic mass is 9.86. The number of likely N-dealkylation sites (tertiary alicyclic amines) is 1. The van der Waals surface area contributed by atoms with Crippen molar-refractivity contribution in [3.63, 3.8) is 0 Å². The Morgan fingerprint density at radius 2 is 1.77 bits per heavy atom. The third-order valence-corrected chi connectivity index (χ3v) is 5.40. The number of rotatable bonds is 5. The van der Waals surface area contributed by atoms with Crippen molar-refractivity contribution in [2.45, 2.75) is 32.8 Å². The molecule has 2 aliphatic heterocycles. The number of piperidine rings is 1. The average molecular weight is 424 g/mol. The molecule has 1 N–H and O–H groups in total. The van der Waals surface area contributed by atoms with Crippen LogP contribution in [0.4, 0.5) is 0 Å². The number of hydrogen-bond donors (Lipinski definition) is 1. The zero-order valence-corrected chi connectivity index (χ0v) is 17.9. The van der Waals surface area contributed by atoms with Gasteiger partial charge in [-0.3, -0.25) is 0 Å². The number of fused-ring (bicyclic) bond motifs is 2. The second kappa shape index (κ2) is 12.3. The maximum atomic E-state index is 7.38. The molecule has 4 rings (SSSR count). The molecule has 2 aliphatic rings. The molecule has 0 aromatic heterocycles. The quantitative estimate of drug-likeness (QED) is 0.321. The fourth-order valence-corrected chi connectivity index (χ4v) is 4.06. The summed E-state index contributed by atoms with van der Waals surface area (Å²) in [5, 5.41) is 13.9. The molecule has 2 aromatic rings. The Labute approximate surface area is 183 Å². The van der Waals surface area contributed by atoms with Crippen molar-refractivity contribution in [3.05, 3.63) is 70.8 Å². The normalized spacial score (nSPS) is 15.5. The van der Waals surface area contributed by atoms with Gasteiger partial charge in [0.1, 0.15) is 19.0 Å². The summed E-state index contributed by atoms with van der Waals surface area (Å²) in [7, 11) is 0. The van der Waals surface area contributed by atoms with Gasteiger partial charge in [-0.05, 0) is 58.7 Å². The van der Waals surface area contributed by atoms with Gasteiger partial charge >= 0.3 is 0 Å². The van der Waals surface area contributed by atoms with E-state index in [9.17, 15) is 0 Å². The molecule has 0 saturated carbocycles. The van der Waals surface area contributed by atoms with Crippen LogP contribution in [0.2, 0.25) is 0 Å². The summed E-state index contributed by atoms with van der Waals surface area (Å²) in [6.07, 6.45) is 8.25. The van der Waals surface area contributed by atoms with E-state index in [1.165, 1.54) is 48.3 Å². The second-order valence-corrected chi connectivity index (χ2v) is 7.37. The van der Waals surface area contributed by atoms with E-state index in [1.807, 2.05) is 0 Å². The Bertz CT molecular complexity index is 859. The zero-order valence-electron chi connectivity index (χ0n) is 17.9. The van der Waals surface area contributed by atoms with Crippen molar-refractivity contribution in [1.29, 1.82) is 0 Å². The maximum Gasteiger partial charge on any atom is 0.146 e. The van der Waals surface area contributed by atoms with E-state index in [2.05, 4.69) is 87.7 Å². The molecule has 0 radical (unpaired) electrons. The minimum absolute atomic E-state index is 0.0550. The highest BCUT2D eigenvalue weighted by Gasteiger charge is 2.24. The lowest BCUT2D eigenvalue weighted by molar-refractivity contribution is -0.620. The lowest BCUT2D eigenvalue weighted by Gasteiger charge is -2.30. The van der Waals surface area contributed by atoms with Crippen LogP contribution in [0.5, 0.6) is 5.75 Å². The summed E-state index contributed by atoms with van der Waals surface area (Å²) in [4.78, 5) is 6.52. The Kier molecular flexibility index (Phi) is 9.10. The average Bonchev–Trinajstić information content (AvgIpc) is 2.98. The van der Waals surface area contributed by atoms with E-state index in [0.29, 0.717) is 6.61 Å². The molecular formula is C25H29NO5. The predicted molar refractivity (Wildman–Crippen MR) is 119 cm³/mol. The first-order valence-electron chi connectivity index (χ1n) is 10.6. The number of terminal acetylenes is 1. The number of ether oxygens (including phenoxy) is 1. The molecule has 0 bridgehead atoms. The number of benzene rings is 2. The molecular weight excluding hydrogens is 394 g/mol. The molecule has 1 fully saturated rings. The minimum atomic E-state index is -0.0550. The highest BCUT2D eigenvalue weighted by molar-refractivity contribution is 5.87. The zero-order chi connectivity index (χ0) is 21.9. The summed E-state index contributed by atoms with van der Waals surface area (Å²) in [5.74, 6) is 3.08. The van der Waals surface area contributed by atoms with Crippen LogP contribution in [0.25, 0.3) is 5.57 Å². The molecule has 31 heavy (non-hydrogen) atoms. The van der Waals surface area contributed by atoms with Gasteiger partial charge in [0.05, 0.1) is 0 Å². The monoisotopic (exact) mass is 423 g/mol. The van der Waals surface area contributed by atoms with Crippen LogP contribution in [0.3, 0.4) is 0 Å². The van der Waals surface area contributed by atoms with Crippen molar-refractivity contribution in [2.24, 2.45) is 0 Å². The summed E-state index contributed by atoms with van der Waals surface area (Å²) in [6, 6.07) is 17.3. The summed E-state index contributed by atoms with van der Waals surface area (Å²) >= 11 is 0. The minimum Gasteiger partial charge on any atom is -0.488 e. The van der Waals surface area contributed by atoms with Crippen molar-refractivity contribution in [2.75, 3.05) is 26.2 Å². The molecule has 1 saturated heterocycles. The molecule has 0 atom stereocenters. The third-order valence-electron chi connectivity index (χ3n) is 5.40. The fraction of sp³-hybridized carbons (Fsp3) is 0.360. The molecule has 0 spiro atoms. The first kappa shape index (κ1) is 23.0. The number of para-hydroxylation sites is 1. The first-order valence-corrected chi connectivity index (χ1v) is 10.6. The molecule has 0 unspecified atom stereocenters. The van der Waals surface area contributed by atoms with Gasteiger partial charge < -0.3 is 9.64 Å². The van der Waals surface area contributed by atoms with Crippen LogP contribution in [-0.2, 0) is 21.6 Å². The molecule has 2 heterocycles. The van der Waals surface area contributed by atoms with E-state index in [4.69, 9.17) is 9.99 Å². The number of hydrogen-bond acceptors (Lipinski definition) is 6. The van der Waals surface area contributed by atoms with E-state index in [-0.39, 0.29) is 6.61 Å². The summed E-state index contributed by atoms with van der Waals surface area (Å²) in [6.45, 7) is 6.45. The van der Waals surface area contributed by atoms with Crippen LogP contribution in [0.15, 0.2) is 54.1 Å². The molecule has 0 amide bonds. The maximum absolute atomic E-state index is 7.38. The van der Waals surface area contributed by atoms with E-state index < -0.39 is 0 Å². The van der Waals surface area contributed by atoms with Gasteiger partial charge in [0.25, 0.3) is 0 Å². The SMILES string of the molecule is C#CCOOOO.CCCN1CCC(=C2c3ccccc3COc3ccccc32)CC1. The van der Waals surface area contributed by atoms with Gasteiger partial charge in [0.15, 0.2) is 0 Å². The van der Waals surface area contributed by atoms with Gasteiger partial charge in [0, 0.05) is 18.7 Å². The lowest BCUT2D eigenvalue weighted by Crippen LogP contribution is -2.31. The third kappa shape index (κ3) is 6.17. The highest BCUT2D eigenvalue weighted by Crippen LogP contribution is 2.40. The van der Waals surface area contributed by atoms with Gasteiger partial charge in [-0.2, -0.15) is 4.89 Å². The largest absolute Gasteiger partial charge is 0.488 e. The smallest absolute Gasteiger partial charge is 0.146 e. The summed E-state index contributed by atoms with van der Waals surface area (Å²) in [5.41, 5.74) is 6.94. The van der Waals surface area contributed by atoms with Crippen LogP contribution in [-0.4, -0.2) is 36.4 Å². The van der Waals surface area contributed by atoms with Crippen molar-refractivity contribution in [3.8, 4) is 18.1 Å². The van der Waals surface area contributed by atoms with Crippen LogP contribution >= 0.6 is 0 Å². The van der Waals surface area contributed by atoms with E-state index >= 15 is 0 Å². The van der Waals surface area contributed by atoms with Crippen molar-refractivity contribution < 1.29 is 25.0 Å². The number of nitrogens with zero attached hydrogens (tertiary/aromatic N) is 1. The van der Waals surface area contributed by atoms with Crippen LogP contribution < -0.4 is 4.74 Å². The van der Waals surface area contributed by atoms with Crippen molar-refractivity contribution >= 4 is 5.57 Å². The standard InChI is InChI=1S/C22H25NO.C3H4O4/c1-2-13-23-14-11-17(12-15-23)22-19-8-4-3-7-18(19)16-24-21-10-6-5-9-20(21)22;1-2-3-5-7-6-4/h3-10H,2,11-16H2,1H3;1,4H,3H2. The van der Waals surface area contributed by atoms with E-state index in [1.54, 1.807) is 5.57 Å². The molecule has 6 nitrogen and oxygen atoms in total. The molecule has 0 aliphatic carbocycles. The van der Waals surface area contributed by atoms with Gasteiger partial charge in [-0.15, -0.1) is 6.42 Å². The Morgan fingerprint density at radius 3 is 2.48 bits per heavy atom. The fourth-order valence-electron chi connectivity index (χ4n) is 4.06. The molecule has 164 valence electrons. The van der Waals surface area contributed by atoms with E-state index in [0.717, 1.165) is 18.6 Å². The Hall–Kier alpha value is -2.66.